The number of alkyl halides is 3. The van der Waals surface area contributed by atoms with Gasteiger partial charge < -0.3 is 4.74 Å². The van der Waals surface area contributed by atoms with Crippen molar-refractivity contribution in [2.24, 2.45) is 0 Å². The average Bonchev–Trinajstić information content (AvgIpc) is 2.66. The molecule has 0 aliphatic heterocycles. The highest BCUT2D eigenvalue weighted by atomic mass is 35.5. The molecule has 0 spiro atoms. The molecule has 0 saturated carbocycles. The van der Waals surface area contributed by atoms with Gasteiger partial charge in [-0.25, -0.2) is 9.37 Å². The fraction of sp³-hybridized carbons (Fsp3) is 0.500. The summed E-state index contributed by atoms with van der Waals surface area (Å²) in [6, 6.07) is 2.37. The minimum Gasteiger partial charge on any atom is -0.361 e. The van der Waals surface area contributed by atoms with Crippen LogP contribution in [0.25, 0.3) is 11.0 Å². The second-order valence-corrected chi connectivity index (χ2v) is 12.4. The molecule has 23 heavy (non-hydrogen) atoms. The highest BCUT2D eigenvalue weighted by Crippen LogP contribution is 2.34. The van der Waals surface area contributed by atoms with Crippen LogP contribution in [0.3, 0.4) is 0 Å². The van der Waals surface area contributed by atoms with Crippen LogP contribution >= 0.6 is 11.6 Å². The van der Waals surface area contributed by atoms with E-state index in [-0.39, 0.29) is 23.0 Å². The van der Waals surface area contributed by atoms with Gasteiger partial charge in [0.25, 0.3) is 0 Å². The Hall–Kier alpha value is -1.12. The maximum Gasteiger partial charge on any atom is 0.419 e. The Balaban J connectivity index is 2.27. The van der Waals surface area contributed by atoms with E-state index in [1.807, 2.05) is 0 Å². The van der Waals surface area contributed by atoms with Crippen LogP contribution in [-0.2, 0) is 17.6 Å². The van der Waals surface area contributed by atoms with Crippen molar-refractivity contribution in [3.8, 4) is 0 Å². The number of aromatic nitrogens is 2. The van der Waals surface area contributed by atoms with Gasteiger partial charge >= 0.3 is 6.18 Å². The summed E-state index contributed by atoms with van der Waals surface area (Å²) in [5.41, 5.74) is -1.18. The van der Waals surface area contributed by atoms with Crippen molar-refractivity contribution in [1.82, 2.24) is 9.55 Å². The molecule has 9 heteroatoms. The van der Waals surface area contributed by atoms with Crippen molar-refractivity contribution in [2.75, 3.05) is 6.61 Å². The van der Waals surface area contributed by atoms with Crippen molar-refractivity contribution in [3.63, 3.8) is 0 Å². The molecule has 0 N–H and O–H groups in total. The summed E-state index contributed by atoms with van der Waals surface area (Å²) in [4.78, 5) is 3.87. The van der Waals surface area contributed by atoms with Crippen LogP contribution in [0.1, 0.15) is 5.56 Å². The molecule has 0 fully saturated rings. The Kier molecular flexibility index (Phi) is 5.08. The monoisotopic (exact) mass is 368 g/mol. The third-order valence-corrected chi connectivity index (χ3v) is 5.31. The van der Waals surface area contributed by atoms with Gasteiger partial charge in [0.1, 0.15) is 12.5 Å². The van der Waals surface area contributed by atoms with Crippen LogP contribution in [0, 0.1) is 5.82 Å². The lowest BCUT2D eigenvalue weighted by Gasteiger charge is -2.16. The van der Waals surface area contributed by atoms with Gasteiger partial charge in [-0.05, 0) is 23.7 Å². The second-order valence-electron chi connectivity index (χ2n) is 6.48. The molecular formula is C14H17ClF4N2OSi. The number of nitrogens with zero attached hydrogens (tertiary/aromatic N) is 2. The molecule has 0 saturated heterocycles. The number of hydrogen-bond acceptors (Lipinski definition) is 2. The molecule has 0 aliphatic carbocycles. The summed E-state index contributed by atoms with van der Waals surface area (Å²) >= 11 is 5.93. The topological polar surface area (TPSA) is 27.1 Å². The van der Waals surface area contributed by atoms with Crippen LogP contribution < -0.4 is 0 Å². The first-order valence-electron chi connectivity index (χ1n) is 6.99. The molecular weight excluding hydrogens is 352 g/mol. The molecule has 0 bridgehead atoms. The van der Waals surface area contributed by atoms with Gasteiger partial charge in [0.15, 0.2) is 0 Å². The molecule has 1 aromatic carbocycles. The fourth-order valence-electron chi connectivity index (χ4n) is 1.99. The van der Waals surface area contributed by atoms with Gasteiger partial charge in [0, 0.05) is 20.7 Å². The Morgan fingerprint density at radius 1 is 1.26 bits per heavy atom. The molecule has 0 radical (unpaired) electrons. The first-order chi connectivity index (χ1) is 10.5. The van der Waals surface area contributed by atoms with Crippen molar-refractivity contribution in [2.45, 2.75) is 38.6 Å². The number of rotatable bonds is 5. The SMILES string of the molecule is C[Si](C)(C)CCOCn1c(Cl)nc2cc(F)c(C(F)(F)F)cc21. The second kappa shape index (κ2) is 6.41. The molecule has 0 amide bonds. The van der Waals surface area contributed by atoms with E-state index >= 15 is 0 Å². The average molecular weight is 369 g/mol. The lowest BCUT2D eigenvalue weighted by Crippen LogP contribution is -2.22. The molecule has 0 aliphatic rings. The van der Waals surface area contributed by atoms with Crippen molar-refractivity contribution >= 4 is 30.7 Å². The molecule has 2 aromatic rings. The zero-order chi connectivity index (χ0) is 17.4. The predicted octanol–water partition coefficient (Wildman–Crippen LogP) is 5.16. The number of ether oxygens (including phenoxy) is 1. The first-order valence-corrected chi connectivity index (χ1v) is 11.1. The van der Waals surface area contributed by atoms with Crippen molar-refractivity contribution in [3.05, 3.63) is 28.8 Å². The van der Waals surface area contributed by atoms with Gasteiger partial charge in [-0.1, -0.05) is 19.6 Å². The summed E-state index contributed by atoms with van der Waals surface area (Å²) in [5, 5.41) is -0.0354. The smallest absolute Gasteiger partial charge is 0.361 e. The number of hydrogen-bond donors (Lipinski definition) is 0. The third kappa shape index (κ3) is 4.45. The number of halogens is 5. The van der Waals surface area contributed by atoms with Gasteiger partial charge in [0.2, 0.25) is 5.28 Å². The minimum atomic E-state index is -4.78. The molecule has 0 unspecified atom stereocenters. The Bertz CT molecular complexity index is 709. The predicted molar refractivity (Wildman–Crippen MR) is 83.8 cm³/mol. The van der Waals surface area contributed by atoms with Crippen LogP contribution in [0.4, 0.5) is 17.6 Å². The quantitative estimate of drug-likeness (QED) is 0.414. The van der Waals surface area contributed by atoms with Crippen LogP contribution in [0.5, 0.6) is 0 Å². The largest absolute Gasteiger partial charge is 0.419 e. The Morgan fingerprint density at radius 2 is 1.91 bits per heavy atom. The van der Waals surface area contributed by atoms with Crippen molar-refractivity contribution < 1.29 is 22.3 Å². The zero-order valence-corrected chi connectivity index (χ0v) is 14.7. The maximum absolute atomic E-state index is 13.6. The summed E-state index contributed by atoms with van der Waals surface area (Å²) in [5.74, 6) is -1.37. The van der Waals surface area contributed by atoms with E-state index in [1.165, 1.54) is 4.57 Å². The van der Waals surface area contributed by atoms with Crippen molar-refractivity contribution in [1.29, 1.82) is 0 Å². The lowest BCUT2D eigenvalue weighted by atomic mass is 10.2. The molecule has 1 aromatic heterocycles. The molecule has 1 heterocycles. The van der Waals surface area contributed by atoms with Gasteiger partial charge in [-0.15, -0.1) is 0 Å². The van der Waals surface area contributed by atoms with Crippen LogP contribution in [0.15, 0.2) is 12.1 Å². The molecule has 3 nitrogen and oxygen atoms in total. The van der Waals surface area contributed by atoms with Gasteiger partial charge in [-0.2, -0.15) is 13.2 Å². The molecule has 0 atom stereocenters. The van der Waals surface area contributed by atoms with E-state index in [1.54, 1.807) is 0 Å². The third-order valence-electron chi connectivity index (χ3n) is 3.31. The van der Waals surface area contributed by atoms with E-state index in [9.17, 15) is 17.6 Å². The normalized spacial score (nSPS) is 13.0. The van der Waals surface area contributed by atoms with E-state index in [0.29, 0.717) is 12.7 Å². The Morgan fingerprint density at radius 3 is 2.48 bits per heavy atom. The molecule has 128 valence electrons. The van der Waals surface area contributed by atoms with Gasteiger partial charge in [-0.3, -0.25) is 4.57 Å². The highest BCUT2D eigenvalue weighted by Gasteiger charge is 2.35. The van der Waals surface area contributed by atoms with E-state index in [2.05, 4.69) is 24.6 Å². The van der Waals surface area contributed by atoms with E-state index < -0.39 is 25.6 Å². The zero-order valence-electron chi connectivity index (χ0n) is 13.0. The highest BCUT2D eigenvalue weighted by molar-refractivity contribution is 6.76. The number of imidazole rings is 1. The first kappa shape index (κ1) is 18.2. The van der Waals surface area contributed by atoms with Crippen LogP contribution in [-0.4, -0.2) is 24.2 Å². The fourth-order valence-corrected chi connectivity index (χ4v) is 2.98. The van der Waals surface area contributed by atoms with Crippen LogP contribution in [0.2, 0.25) is 31.0 Å². The Labute approximate surface area is 137 Å². The number of fused-ring (bicyclic) bond motifs is 1. The van der Waals surface area contributed by atoms with E-state index in [4.69, 9.17) is 16.3 Å². The standard InChI is InChI=1S/C14H17ClF4N2OSi/c1-23(2,3)5-4-22-8-21-12-6-9(14(17,18)19)10(16)7-11(12)20-13(21)15/h6-7H,4-5,8H2,1-3H3. The molecule has 2 rings (SSSR count). The summed E-state index contributed by atoms with van der Waals surface area (Å²) in [6.45, 7) is 7.03. The maximum atomic E-state index is 13.6. The van der Waals surface area contributed by atoms with E-state index in [0.717, 1.165) is 12.1 Å². The lowest BCUT2D eigenvalue weighted by molar-refractivity contribution is -0.139. The summed E-state index contributed by atoms with van der Waals surface area (Å²) in [6.07, 6.45) is -4.78. The summed E-state index contributed by atoms with van der Waals surface area (Å²) < 4.78 is 58.8. The summed E-state index contributed by atoms with van der Waals surface area (Å²) in [7, 11) is -1.27. The van der Waals surface area contributed by atoms with Gasteiger partial charge in [0.05, 0.1) is 16.6 Å². The minimum absolute atomic E-state index is 0.0251. The number of benzene rings is 1.